The highest BCUT2D eigenvalue weighted by atomic mass is 32.2. The lowest BCUT2D eigenvalue weighted by atomic mass is 9.32. The molecule has 302 valence electrons. The Labute approximate surface area is 330 Å². The highest BCUT2D eigenvalue weighted by Crippen LogP contribution is 2.77. The molecule has 5 saturated carbocycles. The minimum atomic E-state index is -3.72. The molecule has 6 rings (SSSR count). The fourth-order valence-electron chi connectivity index (χ4n) is 13.7. The normalized spacial score (nSPS) is 37.7. The molecule has 1 N–H and O–H groups in total. The third-order valence-corrected chi connectivity index (χ3v) is 17.1. The van der Waals surface area contributed by atoms with Gasteiger partial charge in [0, 0.05) is 16.4 Å². The zero-order valence-electron chi connectivity index (χ0n) is 35.0. The Balaban J connectivity index is 1.28. The van der Waals surface area contributed by atoms with E-state index in [2.05, 4.69) is 64.7 Å². The first-order valence-electron chi connectivity index (χ1n) is 20.5. The maximum atomic E-state index is 13.3. The summed E-state index contributed by atoms with van der Waals surface area (Å²) in [6, 6.07) is 7.06. The van der Waals surface area contributed by atoms with Crippen molar-refractivity contribution in [2.75, 3.05) is 13.4 Å². The maximum Gasteiger partial charge on any atom is 0.311 e. The van der Waals surface area contributed by atoms with Gasteiger partial charge in [-0.05, 0) is 143 Å². The van der Waals surface area contributed by atoms with Gasteiger partial charge >= 0.3 is 11.9 Å². The van der Waals surface area contributed by atoms with Crippen LogP contribution in [0.15, 0.2) is 36.4 Å². The van der Waals surface area contributed by atoms with Crippen molar-refractivity contribution in [2.24, 2.45) is 62.1 Å². The van der Waals surface area contributed by atoms with Gasteiger partial charge in [0.15, 0.2) is 0 Å². The Hall–Kier alpha value is -3.12. The number of allylic oxidation sites excluding steroid dienone is 1. The van der Waals surface area contributed by atoms with Gasteiger partial charge in [-0.25, -0.2) is 13.1 Å². The Morgan fingerprint density at radius 3 is 2.25 bits per heavy atom. The molecule has 10 atom stereocenters. The summed E-state index contributed by atoms with van der Waals surface area (Å²) in [4.78, 5) is 38.6. The SMILES string of the molecule is C=C(C)C1CC[C@]2(C#Cc3ccccc3C(=O)NS(C)(=O)=O)CC[C@]3(C)C(CCC4[C@@]5(C)CC[C@H](OC(=O)CC(C)(C)C(=O)OC)C(C)(C)C5CC[C@]43C)C12. The highest BCUT2D eigenvalue weighted by molar-refractivity contribution is 7.89. The van der Waals surface area contributed by atoms with Gasteiger partial charge in [-0.3, -0.25) is 14.4 Å². The predicted octanol–water partition coefficient (Wildman–Crippen LogP) is 8.89. The van der Waals surface area contributed by atoms with Crippen LogP contribution in [0.3, 0.4) is 0 Å². The van der Waals surface area contributed by atoms with Gasteiger partial charge in [-0.2, -0.15) is 0 Å². The molecule has 0 spiro atoms. The second-order valence-corrected chi connectivity index (χ2v) is 22.0. The lowest BCUT2D eigenvalue weighted by Gasteiger charge is -2.72. The van der Waals surface area contributed by atoms with Gasteiger partial charge in [0.05, 0.1) is 30.8 Å². The fourth-order valence-corrected chi connectivity index (χ4v) is 14.1. The van der Waals surface area contributed by atoms with Crippen molar-refractivity contribution in [3.63, 3.8) is 0 Å². The third kappa shape index (κ3) is 6.88. The Morgan fingerprint density at radius 2 is 1.60 bits per heavy atom. The summed E-state index contributed by atoms with van der Waals surface area (Å²) in [6.07, 6.45) is 11.3. The van der Waals surface area contributed by atoms with Crippen molar-refractivity contribution < 1.29 is 32.3 Å². The molecule has 0 bridgehead atoms. The average Bonchev–Trinajstić information content (AvgIpc) is 3.48. The summed E-state index contributed by atoms with van der Waals surface area (Å²) in [5.41, 5.74) is 1.06. The van der Waals surface area contributed by atoms with E-state index in [9.17, 15) is 22.8 Å². The minimum Gasteiger partial charge on any atom is -0.469 e. The number of methoxy groups -OCH3 is 1. The quantitative estimate of drug-likeness (QED) is 0.167. The van der Waals surface area contributed by atoms with Gasteiger partial charge in [-0.1, -0.05) is 70.7 Å². The largest absolute Gasteiger partial charge is 0.469 e. The number of amides is 1. The summed E-state index contributed by atoms with van der Waals surface area (Å²) in [5, 5.41) is 0. The number of ether oxygens (including phenoxy) is 2. The van der Waals surface area contributed by atoms with E-state index in [1.807, 2.05) is 12.1 Å². The number of carbonyl (C=O) groups is 3. The zero-order valence-corrected chi connectivity index (χ0v) is 35.8. The van der Waals surface area contributed by atoms with E-state index in [4.69, 9.17) is 9.47 Å². The third-order valence-electron chi connectivity index (χ3n) is 16.5. The van der Waals surface area contributed by atoms with Gasteiger partial charge in [0.1, 0.15) is 6.10 Å². The Bertz CT molecular complexity index is 1920. The lowest BCUT2D eigenvalue weighted by molar-refractivity contribution is -0.247. The molecule has 0 aromatic heterocycles. The molecule has 1 aromatic rings. The highest BCUT2D eigenvalue weighted by Gasteiger charge is 2.71. The van der Waals surface area contributed by atoms with E-state index >= 15 is 0 Å². The molecule has 5 unspecified atom stereocenters. The molecule has 0 heterocycles. The first kappa shape index (κ1) is 41.5. The van der Waals surface area contributed by atoms with Gasteiger partial charge in [0.25, 0.3) is 5.91 Å². The van der Waals surface area contributed by atoms with Crippen LogP contribution in [-0.4, -0.2) is 45.7 Å². The van der Waals surface area contributed by atoms with E-state index in [-0.39, 0.29) is 51.1 Å². The summed E-state index contributed by atoms with van der Waals surface area (Å²) in [7, 11) is -2.37. The van der Waals surface area contributed by atoms with Crippen LogP contribution in [0, 0.1) is 73.9 Å². The van der Waals surface area contributed by atoms with Crippen LogP contribution in [-0.2, 0) is 29.1 Å². The number of fused-ring (bicyclic) bond motifs is 7. The second kappa shape index (κ2) is 14.1. The monoisotopic (exact) mass is 775 g/mol. The van der Waals surface area contributed by atoms with E-state index < -0.39 is 27.3 Å². The van der Waals surface area contributed by atoms with Crippen LogP contribution in [0.1, 0.15) is 142 Å². The van der Waals surface area contributed by atoms with Crippen molar-refractivity contribution in [3.8, 4) is 11.8 Å². The van der Waals surface area contributed by atoms with Crippen LogP contribution in [0.2, 0.25) is 0 Å². The van der Waals surface area contributed by atoms with E-state index in [1.54, 1.807) is 26.0 Å². The number of hydrogen-bond acceptors (Lipinski definition) is 7. The molecule has 5 aliphatic carbocycles. The van der Waals surface area contributed by atoms with Crippen LogP contribution in [0.5, 0.6) is 0 Å². The predicted molar refractivity (Wildman–Crippen MR) is 215 cm³/mol. The number of sulfonamides is 1. The molecule has 0 saturated heterocycles. The topological polar surface area (TPSA) is 116 Å². The van der Waals surface area contributed by atoms with Crippen LogP contribution in [0.25, 0.3) is 0 Å². The Morgan fingerprint density at radius 1 is 0.909 bits per heavy atom. The van der Waals surface area contributed by atoms with E-state index in [1.165, 1.54) is 12.7 Å². The molecule has 5 fully saturated rings. The lowest BCUT2D eigenvalue weighted by Crippen LogP contribution is -2.66. The van der Waals surface area contributed by atoms with Crippen molar-refractivity contribution in [2.45, 2.75) is 132 Å². The standard InChI is InChI=1S/C46H65NO7S/c1-29(2)31-19-25-46(24-18-30-14-12-13-15-32(30)39(49)47-55(11,51)52)27-26-44(8)33(38(31)46)16-17-35-43(7)22-21-36(42(5,6)34(43)20-23-45(35,44)9)54-37(48)28-41(3,4)40(50)53-10/h12-15,31,33-36,38H,1,16-17,19-23,25-28H2,2-11H3,(H,47,49)/t31?,33?,34?,35?,36-,38?,43-,44+,45+,46+/m0/s1. The zero-order chi connectivity index (χ0) is 40.6. The summed E-state index contributed by atoms with van der Waals surface area (Å²) >= 11 is 0. The first-order chi connectivity index (χ1) is 25.5. The van der Waals surface area contributed by atoms with Crippen LogP contribution >= 0.6 is 0 Å². The molecule has 0 aliphatic heterocycles. The number of nitrogens with one attached hydrogen (secondary N) is 1. The molecule has 8 nitrogen and oxygen atoms in total. The first-order valence-corrected chi connectivity index (χ1v) is 22.4. The smallest absolute Gasteiger partial charge is 0.311 e. The molecule has 1 amide bonds. The van der Waals surface area contributed by atoms with Crippen LogP contribution < -0.4 is 4.72 Å². The Kier molecular flexibility index (Phi) is 10.6. The number of hydrogen-bond donors (Lipinski definition) is 1. The molecular formula is C46H65NO7S. The van der Waals surface area contributed by atoms with Crippen molar-refractivity contribution in [1.29, 1.82) is 0 Å². The minimum absolute atomic E-state index is 0.00212. The molecule has 55 heavy (non-hydrogen) atoms. The van der Waals surface area contributed by atoms with Gasteiger partial charge in [-0.15, -0.1) is 0 Å². The van der Waals surface area contributed by atoms with Crippen molar-refractivity contribution >= 4 is 27.9 Å². The molecule has 0 radical (unpaired) electrons. The average molecular weight is 776 g/mol. The molecule has 5 aliphatic rings. The van der Waals surface area contributed by atoms with Gasteiger partial charge < -0.3 is 9.47 Å². The number of esters is 2. The number of carbonyl (C=O) groups excluding carboxylic acids is 3. The molecule has 9 heteroatoms. The van der Waals surface area contributed by atoms with Crippen molar-refractivity contribution in [1.82, 2.24) is 4.72 Å². The van der Waals surface area contributed by atoms with Crippen molar-refractivity contribution in [3.05, 3.63) is 47.5 Å². The van der Waals surface area contributed by atoms with Crippen LogP contribution in [0.4, 0.5) is 0 Å². The van der Waals surface area contributed by atoms with E-state index in [0.29, 0.717) is 35.2 Å². The maximum absolute atomic E-state index is 13.3. The van der Waals surface area contributed by atoms with E-state index in [0.717, 1.165) is 70.5 Å². The number of rotatable bonds is 7. The molecule has 1 aromatic carbocycles. The summed E-state index contributed by atoms with van der Waals surface area (Å²) in [6.45, 7) is 22.6. The van der Waals surface area contributed by atoms with Gasteiger partial charge in [0.2, 0.25) is 10.0 Å². The fraction of sp³-hybridized carbons (Fsp3) is 0.717. The summed E-state index contributed by atoms with van der Waals surface area (Å²) < 4.78 is 37.2. The number of benzene rings is 1. The summed E-state index contributed by atoms with van der Waals surface area (Å²) in [5.74, 6) is 8.02. The second-order valence-electron chi connectivity index (χ2n) is 20.2. The molecular weight excluding hydrogens is 711 g/mol.